The highest BCUT2D eigenvalue weighted by atomic mass is 32.2. The molecule has 0 fully saturated rings. The first-order valence-electron chi connectivity index (χ1n) is 7.75. The van der Waals surface area contributed by atoms with Gasteiger partial charge in [-0.1, -0.05) is 32.5 Å². The number of rotatable bonds is 4. The molecule has 0 bridgehead atoms. The Kier molecular flexibility index (Phi) is 4.41. The van der Waals surface area contributed by atoms with Gasteiger partial charge < -0.3 is 5.73 Å². The summed E-state index contributed by atoms with van der Waals surface area (Å²) in [5.41, 5.74) is 7.67. The summed E-state index contributed by atoms with van der Waals surface area (Å²) >= 11 is 3.55. The Morgan fingerprint density at radius 1 is 1.38 bits per heavy atom. The summed E-state index contributed by atoms with van der Waals surface area (Å²) in [6, 6.07) is 0. The molecule has 1 aliphatic carbocycles. The van der Waals surface area contributed by atoms with Gasteiger partial charge >= 0.3 is 0 Å². The van der Waals surface area contributed by atoms with Gasteiger partial charge in [0.05, 0.1) is 5.39 Å². The van der Waals surface area contributed by atoms with Crippen molar-refractivity contribution >= 4 is 39.1 Å². The van der Waals surface area contributed by atoms with Crippen molar-refractivity contribution in [3.05, 3.63) is 10.4 Å². The predicted octanol–water partition coefficient (Wildman–Crippen LogP) is 4.54. The van der Waals surface area contributed by atoms with E-state index in [0.717, 1.165) is 33.5 Å². The molecule has 0 aromatic carbocycles. The third-order valence-electron chi connectivity index (χ3n) is 4.08. The molecule has 3 nitrogen and oxygen atoms in total. The second kappa shape index (κ2) is 6.13. The van der Waals surface area contributed by atoms with Crippen LogP contribution in [-0.4, -0.2) is 15.7 Å². The summed E-state index contributed by atoms with van der Waals surface area (Å²) in [6.07, 6.45) is 4.77. The molecule has 2 aromatic rings. The second-order valence-electron chi connectivity index (χ2n) is 6.45. The van der Waals surface area contributed by atoms with Crippen molar-refractivity contribution in [2.24, 2.45) is 11.8 Å². The van der Waals surface area contributed by atoms with Crippen LogP contribution in [0.3, 0.4) is 0 Å². The van der Waals surface area contributed by atoms with Crippen LogP contribution in [0.25, 0.3) is 10.2 Å². The minimum absolute atomic E-state index is 0.679. The SMILES string of the molecule is CC(C)CCSc1nc(N)c2c3c(sc2n1)CCC(C)C3. The van der Waals surface area contributed by atoms with Crippen LogP contribution in [0.5, 0.6) is 0 Å². The molecule has 0 amide bonds. The molecule has 21 heavy (non-hydrogen) atoms. The lowest BCUT2D eigenvalue weighted by molar-refractivity contribution is 0.508. The third kappa shape index (κ3) is 3.19. The van der Waals surface area contributed by atoms with Crippen LogP contribution >= 0.6 is 23.1 Å². The number of thioether (sulfide) groups is 1. The van der Waals surface area contributed by atoms with Crippen molar-refractivity contribution in [2.45, 2.75) is 51.6 Å². The minimum Gasteiger partial charge on any atom is -0.383 e. The van der Waals surface area contributed by atoms with E-state index in [1.807, 2.05) is 11.3 Å². The van der Waals surface area contributed by atoms with Crippen molar-refractivity contribution in [1.29, 1.82) is 0 Å². The van der Waals surface area contributed by atoms with Gasteiger partial charge in [-0.15, -0.1) is 11.3 Å². The summed E-state index contributed by atoms with van der Waals surface area (Å²) in [5, 5.41) is 1.97. The van der Waals surface area contributed by atoms with E-state index in [1.54, 1.807) is 11.8 Å². The molecule has 2 aromatic heterocycles. The molecule has 1 aliphatic rings. The molecule has 0 saturated carbocycles. The Bertz CT molecular complexity index is 648. The lowest BCUT2D eigenvalue weighted by Gasteiger charge is -2.18. The van der Waals surface area contributed by atoms with Crippen molar-refractivity contribution in [3.8, 4) is 0 Å². The van der Waals surface area contributed by atoms with Crippen molar-refractivity contribution in [1.82, 2.24) is 9.97 Å². The van der Waals surface area contributed by atoms with Gasteiger partial charge in [0.1, 0.15) is 10.6 Å². The monoisotopic (exact) mass is 321 g/mol. The smallest absolute Gasteiger partial charge is 0.190 e. The quantitative estimate of drug-likeness (QED) is 0.663. The van der Waals surface area contributed by atoms with E-state index >= 15 is 0 Å². The zero-order valence-corrected chi connectivity index (χ0v) is 14.6. The number of aromatic nitrogens is 2. The Balaban J connectivity index is 1.90. The standard InChI is InChI=1S/C16H23N3S2/c1-9(2)6-7-20-16-18-14(17)13-11-8-10(3)4-5-12(11)21-15(13)19-16/h9-10H,4-8H2,1-3H3,(H2,17,18,19). The first kappa shape index (κ1) is 15.1. The number of nitrogens with two attached hydrogens (primary N) is 1. The predicted molar refractivity (Wildman–Crippen MR) is 93.2 cm³/mol. The Morgan fingerprint density at radius 3 is 2.95 bits per heavy atom. The molecule has 5 heteroatoms. The number of hydrogen-bond donors (Lipinski definition) is 1. The molecule has 2 N–H and O–H groups in total. The Hall–Kier alpha value is -0.810. The van der Waals surface area contributed by atoms with Gasteiger partial charge in [-0.05, 0) is 43.1 Å². The number of nitrogen functional groups attached to an aromatic ring is 1. The molecule has 0 aliphatic heterocycles. The highest BCUT2D eigenvalue weighted by Gasteiger charge is 2.23. The second-order valence-corrected chi connectivity index (χ2v) is 8.60. The van der Waals surface area contributed by atoms with Crippen molar-refractivity contribution in [3.63, 3.8) is 0 Å². The number of thiophene rings is 1. The first-order valence-corrected chi connectivity index (χ1v) is 9.55. The number of fused-ring (bicyclic) bond motifs is 3. The fraction of sp³-hybridized carbons (Fsp3) is 0.625. The van der Waals surface area contributed by atoms with Gasteiger partial charge in [0, 0.05) is 10.6 Å². The van der Waals surface area contributed by atoms with E-state index < -0.39 is 0 Å². The average molecular weight is 322 g/mol. The zero-order valence-electron chi connectivity index (χ0n) is 13.0. The third-order valence-corrected chi connectivity index (χ3v) is 6.15. The summed E-state index contributed by atoms with van der Waals surface area (Å²) in [7, 11) is 0. The van der Waals surface area contributed by atoms with Crippen LogP contribution < -0.4 is 5.73 Å². The molecule has 0 spiro atoms. The van der Waals surface area contributed by atoms with Crippen LogP contribution in [0.4, 0.5) is 5.82 Å². The van der Waals surface area contributed by atoms with E-state index in [2.05, 4.69) is 25.8 Å². The van der Waals surface area contributed by atoms with Gasteiger partial charge in [-0.2, -0.15) is 0 Å². The van der Waals surface area contributed by atoms with E-state index in [0.29, 0.717) is 11.7 Å². The fourth-order valence-electron chi connectivity index (χ4n) is 2.81. The lowest BCUT2D eigenvalue weighted by Crippen LogP contribution is -2.09. The summed E-state index contributed by atoms with van der Waals surface area (Å²) in [5.74, 6) is 3.20. The Morgan fingerprint density at radius 2 is 2.19 bits per heavy atom. The molecule has 114 valence electrons. The first-order chi connectivity index (χ1) is 10.0. The fourth-order valence-corrected chi connectivity index (χ4v) is 5.18. The lowest BCUT2D eigenvalue weighted by atomic mass is 9.89. The van der Waals surface area contributed by atoms with Crippen LogP contribution in [0.2, 0.25) is 0 Å². The molecule has 0 saturated heterocycles. The molecule has 0 radical (unpaired) electrons. The van der Waals surface area contributed by atoms with Crippen LogP contribution in [0.1, 0.15) is 44.1 Å². The van der Waals surface area contributed by atoms with Gasteiger partial charge in [0.2, 0.25) is 0 Å². The van der Waals surface area contributed by atoms with E-state index in [-0.39, 0.29) is 0 Å². The summed E-state index contributed by atoms with van der Waals surface area (Å²) < 4.78 is 0. The molecular formula is C16H23N3S2. The largest absolute Gasteiger partial charge is 0.383 e. The van der Waals surface area contributed by atoms with E-state index in [4.69, 9.17) is 10.7 Å². The van der Waals surface area contributed by atoms with Crippen LogP contribution in [0, 0.1) is 11.8 Å². The van der Waals surface area contributed by atoms with Crippen molar-refractivity contribution < 1.29 is 0 Å². The maximum absolute atomic E-state index is 6.24. The van der Waals surface area contributed by atoms with Crippen LogP contribution in [0.15, 0.2) is 5.16 Å². The van der Waals surface area contributed by atoms with Gasteiger partial charge in [0.15, 0.2) is 5.16 Å². The van der Waals surface area contributed by atoms with E-state index in [1.165, 1.54) is 29.7 Å². The zero-order chi connectivity index (χ0) is 15.0. The maximum atomic E-state index is 6.24. The summed E-state index contributed by atoms with van der Waals surface area (Å²) in [6.45, 7) is 6.81. The van der Waals surface area contributed by atoms with Crippen LogP contribution in [-0.2, 0) is 12.8 Å². The maximum Gasteiger partial charge on any atom is 0.190 e. The van der Waals surface area contributed by atoms with Crippen molar-refractivity contribution in [2.75, 3.05) is 11.5 Å². The number of anilines is 1. The normalized spacial score (nSPS) is 18.4. The number of aryl methyl sites for hydroxylation is 1. The van der Waals surface area contributed by atoms with Gasteiger partial charge in [-0.25, -0.2) is 9.97 Å². The van der Waals surface area contributed by atoms with E-state index in [9.17, 15) is 0 Å². The van der Waals surface area contributed by atoms with Gasteiger partial charge in [0.25, 0.3) is 0 Å². The Labute approximate surface area is 134 Å². The topological polar surface area (TPSA) is 51.8 Å². The average Bonchev–Trinajstić information content (AvgIpc) is 2.76. The molecular weight excluding hydrogens is 298 g/mol. The summed E-state index contributed by atoms with van der Waals surface area (Å²) in [4.78, 5) is 11.9. The molecule has 1 atom stereocenters. The molecule has 2 heterocycles. The highest BCUT2D eigenvalue weighted by Crippen LogP contribution is 2.40. The number of nitrogens with zero attached hydrogens (tertiary/aromatic N) is 2. The number of hydrogen-bond acceptors (Lipinski definition) is 5. The molecule has 1 unspecified atom stereocenters. The van der Waals surface area contributed by atoms with Gasteiger partial charge in [-0.3, -0.25) is 0 Å². The molecule has 3 rings (SSSR count). The minimum atomic E-state index is 0.679. The highest BCUT2D eigenvalue weighted by molar-refractivity contribution is 7.99.